The third-order valence-electron chi connectivity index (χ3n) is 3.04. The smallest absolute Gasteiger partial charge is 0.193 e. The molecule has 0 spiro atoms. The lowest BCUT2D eigenvalue weighted by Gasteiger charge is -2.21. The number of unbranched alkanes of at least 4 members (excludes halogenated alkanes) is 1. The van der Waals surface area contributed by atoms with Gasteiger partial charge in [0.2, 0.25) is 0 Å². The number of nitriles is 1. The Morgan fingerprint density at radius 2 is 1.95 bits per heavy atom. The number of hydrogen-bond acceptors (Lipinski definition) is 2. The average Bonchev–Trinajstić information content (AvgIpc) is 2.49. The van der Waals surface area contributed by atoms with Gasteiger partial charge >= 0.3 is 0 Å². The van der Waals surface area contributed by atoms with Crippen LogP contribution >= 0.6 is 24.0 Å². The van der Waals surface area contributed by atoms with Crippen molar-refractivity contribution < 1.29 is 0 Å². The predicted octanol–water partition coefficient (Wildman–Crippen LogP) is 3.37. The maximum Gasteiger partial charge on any atom is 0.193 e. The minimum absolute atomic E-state index is 0. The van der Waals surface area contributed by atoms with E-state index < -0.39 is 0 Å². The Bertz CT molecular complexity index is 462. The highest BCUT2D eigenvalue weighted by molar-refractivity contribution is 14.0. The van der Waals surface area contributed by atoms with Gasteiger partial charge in [0.05, 0.1) is 18.2 Å². The van der Waals surface area contributed by atoms with Crippen LogP contribution in [0.5, 0.6) is 0 Å². The fourth-order valence-corrected chi connectivity index (χ4v) is 1.82. The van der Waals surface area contributed by atoms with Crippen LogP contribution in [0.25, 0.3) is 0 Å². The standard InChI is InChI=1S/C16H24N4.HI/c1-4-6-11-20(3)16(18-5-2)19-13-15-9-7-14(12-17)8-10-15;/h7-10H,4-6,11,13H2,1-3H3,(H,18,19);1H. The van der Waals surface area contributed by atoms with E-state index in [1.165, 1.54) is 6.42 Å². The number of nitrogens with zero attached hydrogens (tertiary/aromatic N) is 3. The molecule has 0 aliphatic carbocycles. The maximum atomic E-state index is 8.78. The summed E-state index contributed by atoms with van der Waals surface area (Å²) in [6.45, 7) is 6.77. The summed E-state index contributed by atoms with van der Waals surface area (Å²) in [5.74, 6) is 0.935. The SMILES string of the molecule is CCCCN(C)C(=NCc1ccc(C#N)cc1)NCC.I. The van der Waals surface area contributed by atoms with Crippen LogP contribution in [-0.2, 0) is 6.54 Å². The first-order valence-electron chi connectivity index (χ1n) is 7.19. The second-order valence-corrected chi connectivity index (χ2v) is 4.75. The van der Waals surface area contributed by atoms with Crippen LogP contribution in [0.4, 0.5) is 0 Å². The summed E-state index contributed by atoms with van der Waals surface area (Å²) < 4.78 is 0. The third-order valence-corrected chi connectivity index (χ3v) is 3.04. The lowest BCUT2D eigenvalue weighted by molar-refractivity contribution is 0.465. The molecule has 0 unspecified atom stereocenters. The van der Waals surface area contributed by atoms with Crippen molar-refractivity contribution in [2.75, 3.05) is 20.1 Å². The van der Waals surface area contributed by atoms with Crippen LogP contribution in [0.3, 0.4) is 0 Å². The molecule has 5 heteroatoms. The van der Waals surface area contributed by atoms with Crippen molar-refractivity contribution in [3.8, 4) is 6.07 Å². The van der Waals surface area contributed by atoms with E-state index in [9.17, 15) is 0 Å². The van der Waals surface area contributed by atoms with E-state index >= 15 is 0 Å². The molecule has 0 amide bonds. The van der Waals surface area contributed by atoms with Crippen molar-refractivity contribution in [2.24, 2.45) is 4.99 Å². The fraction of sp³-hybridized carbons (Fsp3) is 0.500. The summed E-state index contributed by atoms with van der Waals surface area (Å²) in [6.07, 6.45) is 2.34. The second kappa shape index (κ2) is 11.4. The van der Waals surface area contributed by atoms with Crippen LogP contribution in [0.15, 0.2) is 29.3 Å². The van der Waals surface area contributed by atoms with Crippen LogP contribution in [0.2, 0.25) is 0 Å². The van der Waals surface area contributed by atoms with Crippen molar-refractivity contribution in [3.63, 3.8) is 0 Å². The Hall–Kier alpha value is -1.29. The molecule has 0 fully saturated rings. The highest BCUT2D eigenvalue weighted by atomic mass is 127. The third kappa shape index (κ3) is 7.32. The highest BCUT2D eigenvalue weighted by Crippen LogP contribution is 2.05. The molecule has 0 aliphatic rings. The largest absolute Gasteiger partial charge is 0.357 e. The molecule has 0 bridgehead atoms. The molecule has 0 saturated heterocycles. The zero-order valence-electron chi connectivity index (χ0n) is 13.1. The number of hydrogen-bond donors (Lipinski definition) is 1. The van der Waals surface area contributed by atoms with Gasteiger partial charge in [0.25, 0.3) is 0 Å². The summed E-state index contributed by atoms with van der Waals surface area (Å²) >= 11 is 0. The molecule has 0 aromatic heterocycles. The van der Waals surface area contributed by atoms with Gasteiger partial charge in [-0.25, -0.2) is 4.99 Å². The van der Waals surface area contributed by atoms with Crippen LogP contribution in [-0.4, -0.2) is 31.0 Å². The molecule has 0 saturated carbocycles. The molecule has 116 valence electrons. The predicted molar refractivity (Wildman–Crippen MR) is 98.9 cm³/mol. The number of guanidine groups is 1. The number of benzene rings is 1. The molecule has 0 radical (unpaired) electrons. The molecular weight excluding hydrogens is 375 g/mol. The van der Waals surface area contributed by atoms with E-state index in [-0.39, 0.29) is 24.0 Å². The molecule has 1 aromatic rings. The first-order valence-corrected chi connectivity index (χ1v) is 7.19. The zero-order valence-corrected chi connectivity index (χ0v) is 15.4. The zero-order chi connectivity index (χ0) is 14.8. The van der Waals surface area contributed by atoms with Gasteiger partial charge in [-0.1, -0.05) is 25.5 Å². The maximum absolute atomic E-state index is 8.78. The summed E-state index contributed by atoms with van der Waals surface area (Å²) in [5, 5.41) is 12.1. The van der Waals surface area contributed by atoms with Gasteiger partial charge < -0.3 is 10.2 Å². The van der Waals surface area contributed by atoms with E-state index in [4.69, 9.17) is 5.26 Å². The molecule has 1 N–H and O–H groups in total. The minimum Gasteiger partial charge on any atom is -0.357 e. The summed E-state index contributed by atoms with van der Waals surface area (Å²) in [5.41, 5.74) is 1.80. The number of nitrogens with one attached hydrogen (secondary N) is 1. The van der Waals surface area contributed by atoms with Gasteiger partial charge in [-0.3, -0.25) is 0 Å². The first-order chi connectivity index (χ1) is 9.71. The number of halogens is 1. The van der Waals surface area contributed by atoms with Gasteiger partial charge in [-0.2, -0.15) is 5.26 Å². The van der Waals surface area contributed by atoms with Crippen molar-refractivity contribution in [1.29, 1.82) is 5.26 Å². The van der Waals surface area contributed by atoms with Crippen molar-refractivity contribution in [1.82, 2.24) is 10.2 Å². The van der Waals surface area contributed by atoms with E-state index in [0.717, 1.165) is 31.0 Å². The van der Waals surface area contributed by atoms with Crippen LogP contribution in [0, 0.1) is 11.3 Å². The summed E-state index contributed by atoms with van der Waals surface area (Å²) in [4.78, 5) is 6.80. The summed E-state index contributed by atoms with van der Waals surface area (Å²) in [7, 11) is 2.07. The van der Waals surface area contributed by atoms with Crippen molar-refractivity contribution >= 4 is 29.9 Å². The Kier molecular flexibility index (Phi) is 10.7. The van der Waals surface area contributed by atoms with E-state index in [1.807, 2.05) is 24.3 Å². The summed E-state index contributed by atoms with van der Waals surface area (Å²) in [6, 6.07) is 9.70. The van der Waals surface area contributed by atoms with E-state index in [1.54, 1.807) is 0 Å². The first kappa shape index (κ1) is 19.7. The van der Waals surface area contributed by atoms with Crippen LogP contribution in [0.1, 0.15) is 37.8 Å². The van der Waals surface area contributed by atoms with Crippen molar-refractivity contribution in [2.45, 2.75) is 33.2 Å². The van der Waals surface area contributed by atoms with Gasteiger partial charge in [0.1, 0.15) is 0 Å². The normalized spacial score (nSPS) is 10.5. The Labute approximate surface area is 145 Å². The van der Waals surface area contributed by atoms with E-state index in [2.05, 4.69) is 42.2 Å². The quantitative estimate of drug-likeness (QED) is 0.453. The molecular formula is C16H25IN4. The lowest BCUT2D eigenvalue weighted by atomic mass is 10.1. The Balaban J connectivity index is 0.00000400. The van der Waals surface area contributed by atoms with E-state index in [0.29, 0.717) is 12.1 Å². The fourth-order valence-electron chi connectivity index (χ4n) is 1.82. The number of rotatable bonds is 6. The van der Waals surface area contributed by atoms with Crippen molar-refractivity contribution in [3.05, 3.63) is 35.4 Å². The van der Waals surface area contributed by atoms with Gasteiger partial charge in [0, 0.05) is 20.1 Å². The molecule has 0 atom stereocenters. The Morgan fingerprint density at radius 1 is 1.29 bits per heavy atom. The average molecular weight is 400 g/mol. The van der Waals surface area contributed by atoms with Crippen LogP contribution < -0.4 is 5.32 Å². The lowest BCUT2D eigenvalue weighted by Crippen LogP contribution is -2.39. The molecule has 0 heterocycles. The second-order valence-electron chi connectivity index (χ2n) is 4.75. The molecule has 0 aliphatic heterocycles. The molecule has 21 heavy (non-hydrogen) atoms. The Morgan fingerprint density at radius 3 is 2.48 bits per heavy atom. The minimum atomic E-state index is 0. The van der Waals surface area contributed by atoms with Gasteiger partial charge in [-0.05, 0) is 31.0 Å². The highest BCUT2D eigenvalue weighted by Gasteiger charge is 2.04. The number of aliphatic imine (C=N–C) groups is 1. The van der Waals surface area contributed by atoms with Gasteiger partial charge in [0.15, 0.2) is 5.96 Å². The topological polar surface area (TPSA) is 51.4 Å². The molecule has 1 aromatic carbocycles. The van der Waals surface area contributed by atoms with Gasteiger partial charge in [-0.15, -0.1) is 24.0 Å². The molecule has 1 rings (SSSR count). The molecule has 4 nitrogen and oxygen atoms in total. The monoisotopic (exact) mass is 400 g/mol.